The molecule has 0 atom stereocenters. The Bertz CT molecular complexity index is 238. The van der Waals surface area contributed by atoms with Crippen molar-refractivity contribution >= 4 is 31.9 Å². The van der Waals surface area contributed by atoms with E-state index >= 15 is 0 Å². The fourth-order valence-electron chi connectivity index (χ4n) is 0.821. The summed E-state index contributed by atoms with van der Waals surface area (Å²) in [6.45, 7) is 0.736. The van der Waals surface area contributed by atoms with Crippen LogP contribution in [0.3, 0.4) is 0 Å². The van der Waals surface area contributed by atoms with Crippen molar-refractivity contribution < 1.29 is 4.74 Å². The zero-order valence-electron chi connectivity index (χ0n) is 7.17. The van der Waals surface area contributed by atoms with Gasteiger partial charge < -0.3 is 4.74 Å². The molecule has 0 saturated carbocycles. The number of nitrogens with zero attached hydrogens (tertiary/aromatic N) is 1. The minimum Gasteiger partial charge on any atom is -0.478 e. The van der Waals surface area contributed by atoms with E-state index in [1.807, 2.05) is 12.1 Å². The summed E-state index contributed by atoms with van der Waals surface area (Å²) in [6, 6.07) is 3.78. The smallest absolute Gasteiger partial charge is 0.213 e. The maximum Gasteiger partial charge on any atom is 0.213 e. The second-order valence-electron chi connectivity index (χ2n) is 2.56. The number of unbranched alkanes of at least 4 members (excludes halogenated alkanes) is 1. The average Bonchev–Trinajstić information content (AvgIpc) is 2.15. The molecule has 72 valence electrons. The van der Waals surface area contributed by atoms with Crippen molar-refractivity contribution in [2.45, 2.75) is 12.8 Å². The van der Waals surface area contributed by atoms with E-state index in [4.69, 9.17) is 4.74 Å². The van der Waals surface area contributed by atoms with Gasteiger partial charge in [-0.25, -0.2) is 4.98 Å². The van der Waals surface area contributed by atoms with Crippen LogP contribution in [0.2, 0.25) is 0 Å². The molecule has 1 heterocycles. The van der Waals surface area contributed by atoms with Crippen LogP contribution < -0.4 is 4.74 Å². The normalized spacial score (nSPS) is 10.0. The van der Waals surface area contributed by atoms with Crippen molar-refractivity contribution in [2.24, 2.45) is 0 Å². The van der Waals surface area contributed by atoms with E-state index in [0.717, 1.165) is 29.3 Å². The largest absolute Gasteiger partial charge is 0.478 e. The standard InChI is InChI=1S/C9H11Br2NO/c10-5-1-2-6-13-9-4-3-8(11)7-12-9/h3-4,7H,1-2,5-6H2. The number of ether oxygens (including phenoxy) is 1. The van der Waals surface area contributed by atoms with Crippen molar-refractivity contribution in [3.8, 4) is 5.88 Å². The number of alkyl halides is 1. The van der Waals surface area contributed by atoms with Crippen LogP contribution in [0, 0.1) is 0 Å². The topological polar surface area (TPSA) is 22.1 Å². The first-order chi connectivity index (χ1) is 6.33. The summed E-state index contributed by atoms with van der Waals surface area (Å²) >= 11 is 6.68. The number of hydrogen-bond donors (Lipinski definition) is 0. The summed E-state index contributed by atoms with van der Waals surface area (Å²) in [5, 5.41) is 1.03. The predicted molar refractivity (Wildman–Crippen MR) is 60.5 cm³/mol. The number of halogens is 2. The summed E-state index contributed by atoms with van der Waals surface area (Å²) in [7, 11) is 0. The number of rotatable bonds is 5. The Balaban J connectivity index is 2.25. The Kier molecular flexibility index (Phi) is 5.39. The van der Waals surface area contributed by atoms with Crippen LogP contribution >= 0.6 is 31.9 Å². The van der Waals surface area contributed by atoms with Gasteiger partial charge in [-0.15, -0.1) is 0 Å². The minimum atomic E-state index is 0.692. The molecule has 0 aromatic carbocycles. The second-order valence-corrected chi connectivity index (χ2v) is 4.27. The van der Waals surface area contributed by atoms with Crippen LogP contribution in [0.4, 0.5) is 0 Å². The predicted octanol–water partition coefficient (Wildman–Crippen LogP) is 3.40. The van der Waals surface area contributed by atoms with Crippen molar-refractivity contribution in [3.63, 3.8) is 0 Å². The molecule has 13 heavy (non-hydrogen) atoms. The molecular formula is C9H11Br2NO. The molecule has 1 aromatic heterocycles. The average molecular weight is 309 g/mol. The summed E-state index contributed by atoms with van der Waals surface area (Å²) in [5.74, 6) is 0.692. The third-order valence-electron chi connectivity index (χ3n) is 1.48. The zero-order valence-corrected chi connectivity index (χ0v) is 10.3. The molecule has 0 spiro atoms. The molecule has 0 fully saturated rings. The van der Waals surface area contributed by atoms with Crippen molar-refractivity contribution in [1.29, 1.82) is 0 Å². The maximum absolute atomic E-state index is 5.41. The Morgan fingerprint density at radius 3 is 2.77 bits per heavy atom. The van der Waals surface area contributed by atoms with Gasteiger partial charge >= 0.3 is 0 Å². The van der Waals surface area contributed by atoms with Gasteiger partial charge in [0.15, 0.2) is 0 Å². The van der Waals surface area contributed by atoms with E-state index in [0.29, 0.717) is 5.88 Å². The van der Waals surface area contributed by atoms with E-state index in [9.17, 15) is 0 Å². The highest BCUT2D eigenvalue weighted by Crippen LogP contribution is 2.12. The lowest BCUT2D eigenvalue weighted by molar-refractivity contribution is 0.298. The summed E-state index contributed by atoms with van der Waals surface area (Å²) in [4.78, 5) is 4.10. The van der Waals surface area contributed by atoms with Crippen LogP contribution in [0.25, 0.3) is 0 Å². The molecular weight excluding hydrogens is 298 g/mol. The highest BCUT2D eigenvalue weighted by Gasteiger charge is 1.94. The third kappa shape index (κ3) is 4.62. The SMILES string of the molecule is BrCCCCOc1ccc(Br)cn1. The van der Waals surface area contributed by atoms with Gasteiger partial charge in [0, 0.05) is 22.1 Å². The first-order valence-electron chi connectivity index (χ1n) is 4.13. The van der Waals surface area contributed by atoms with E-state index < -0.39 is 0 Å². The number of aromatic nitrogens is 1. The summed E-state index contributed by atoms with van der Waals surface area (Å²) in [6.07, 6.45) is 3.93. The van der Waals surface area contributed by atoms with E-state index in [1.165, 1.54) is 0 Å². The molecule has 0 radical (unpaired) electrons. The highest BCUT2D eigenvalue weighted by atomic mass is 79.9. The molecule has 0 saturated heterocycles. The van der Waals surface area contributed by atoms with Crippen molar-refractivity contribution in [1.82, 2.24) is 4.98 Å². The van der Waals surface area contributed by atoms with Gasteiger partial charge in [-0.1, -0.05) is 15.9 Å². The molecule has 4 heteroatoms. The lowest BCUT2D eigenvalue weighted by atomic mass is 10.4. The number of pyridine rings is 1. The lowest BCUT2D eigenvalue weighted by Crippen LogP contribution is -1.98. The third-order valence-corrected chi connectivity index (χ3v) is 2.51. The van der Waals surface area contributed by atoms with E-state index in [-0.39, 0.29) is 0 Å². The molecule has 0 bridgehead atoms. The maximum atomic E-state index is 5.41. The van der Waals surface area contributed by atoms with Crippen molar-refractivity contribution in [3.05, 3.63) is 22.8 Å². The first-order valence-corrected chi connectivity index (χ1v) is 6.04. The van der Waals surface area contributed by atoms with Gasteiger partial charge in [0.25, 0.3) is 0 Å². The Hall–Kier alpha value is -0.0900. The molecule has 0 aliphatic rings. The second kappa shape index (κ2) is 6.38. The van der Waals surface area contributed by atoms with Crippen molar-refractivity contribution in [2.75, 3.05) is 11.9 Å². The molecule has 1 rings (SSSR count). The van der Waals surface area contributed by atoms with Crippen LogP contribution in [-0.4, -0.2) is 16.9 Å². The van der Waals surface area contributed by atoms with Crippen LogP contribution in [0.5, 0.6) is 5.88 Å². The van der Waals surface area contributed by atoms with Gasteiger partial charge in [-0.3, -0.25) is 0 Å². The molecule has 0 unspecified atom stereocenters. The molecule has 0 amide bonds. The first kappa shape index (κ1) is 11.0. The Morgan fingerprint density at radius 2 is 2.15 bits per heavy atom. The summed E-state index contributed by atoms with van der Waals surface area (Å²) < 4.78 is 6.38. The molecule has 2 nitrogen and oxygen atoms in total. The quantitative estimate of drug-likeness (QED) is 0.614. The summed E-state index contributed by atoms with van der Waals surface area (Å²) in [5.41, 5.74) is 0. The van der Waals surface area contributed by atoms with Gasteiger partial charge in [-0.2, -0.15) is 0 Å². The zero-order chi connectivity index (χ0) is 9.52. The Morgan fingerprint density at radius 1 is 1.31 bits per heavy atom. The molecule has 0 aliphatic carbocycles. The number of hydrogen-bond acceptors (Lipinski definition) is 2. The van der Waals surface area contributed by atoms with Crippen LogP contribution in [0.1, 0.15) is 12.8 Å². The van der Waals surface area contributed by atoms with Gasteiger partial charge in [-0.05, 0) is 34.8 Å². The molecule has 1 aromatic rings. The fourth-order valence-corrected chi connectivity index (χ4v) is 1.45. The molecule has 0 N–H and O–H groups in total. The Labute approximate surface area is 95.0 Å². The molecule has 0 aliphatic heterocycles. The van der Waals surface area contributed by atoms with Gasteiger partial charge in [0.05, 0.1) is 6.61 Å². The monoisotopic (exact) mass is 307 g/mol. The minimum absolute atomic E-state index is 0.692. The van der Waals surface area contributed by atoms with Crippen LogP contribution in [0.15, 0.2) is 22.8 Å². The van der Waals surface area contributed by atoms with Crippen LogP contribution in [-0.2, 0) is 0 Å². The lowest BCUT2D eigenvalue weighted by Gasteiger charge is -2.03. The fraction of sp³-hybridized carbons (Fsp3) is 0.444. The van der Waals surface area contributed by atoms with Gasteiger partial charge in [0.2, 0.25) is 5.88 Å². The highest BCUT2D eigenvalue weighted by molar-refractivity contribution is 9.10. The van der Waals surface area contributed by atoms with Gasteiger partial charge in [0.1, 0.15) is 0 Å². The van der Waals surface area contributed by atoms with E-state index in [1.54, 1.807) is 6.20 Å². The van der Waals surface area contributed by atoms with E-state index in [2.05, 4.69) is 36.8 Å².